The maximum atomic E-state index is 13.4. The highest BCUT2D eigenvalue weighted by atomic mass is 16.5. The van der Waals surface area contributed by atoms with E-state index in [-0.39, 0.29) is 48.9 Å². The molecule has 0 saturated carbocycles. The first-order chi connectivity index (χ1) is 19.5. The van der Waals surface area contributed by atoms with Crippen molar-refractivity contribution in [2.75, 3.05) is 19.8 Å². The molecule has 41 heavy (non-hydrogen) atoms. The first kappa shape index (κ1) is 32.2. The number of nitrogens with one attached hydrogen (secondary N) is 1. The van der Waals surface area contributed by atoms with Gasteiger partial charge in [-0.15, -0.1) is 0 Å². The van der Waals surface area contributed by atoms with Crippen molar-refractivity contribution in [3.63, 3.8) is 0 Å². The fourth-order valence-electron chi connectivity index (χ4n) is 3.69. The zero-order valence-electron chi connectivity index (χ0n) is 23.0. The monoisotopic (exact) mass is 567 g/mol. The number of carboxylic acid groups (broad SMARTS) is 1. The summed E-state index contributed by atoms with van der Waals surface area (Å²) >= 11 is 0. The molecular formula is C29H33N3O9. The van der Waals surface area contributed by atoms with Crippen LogP contribution in [0.25, 0.3) is 6.08 Å². The first-order valence-electron chi connectivity index (χ1n) is 12.8. The molecule has 4 N–H and O–H groups in total. The number of amidine groups is 1. The molecule has 0 aliphatic rings. The molecular weight excluding hydrogens is 534 g/mol. The standard InChI is InChI=1S/C29H33N3O9/c1-4-39-25(35)14-15-32(23(17-24(33)34)29(38)40-5-2)27(36)18(3)16-19-6-8-21(9-7-19)28(37)41-22-12-10-20(11-13-22)26(30)31/h6-13,16,23H,4-5,14-15,17H2,1-3H3,(H3,30,31)(H,33,34)/t23-/m0/s1. The van der Waals surface area contributed by atoms with Crippen molar-refractivity contribution in [2.45, 2.75) is 39.7 Å². The summed E-state index contributed by atoms with van der Waals surface area (Å²) in [7, 11) is 0. The van der Waals surface area contributed by atoms with Crippen LogP contribution < -0.4 is 10.5 Å². The lowest BCUT2D eigenvalue weighted by atomic mass is 10.1. The lowest BCUT2D eigenvalue weighted by Gasteiger charge is -2.29. The molecule has 2 aromatic rings. The number of nitrogens with two attached hydrogens (primary N) is 1. The molecule has 0 aliphatic carbocycles. The summed E-state index contributed by atoms with van der Waals surface area (Å²) in [6, 6.07) is 10.8. The number of carboxylic acids is 1. The van der Waals surface area contributed by atoms with Gasteiger partial charge in [-0.3, -0.25) is 19.8 Å². The van der Waals surface area contributed by atoms with Gasteiger partial charge in [-0.25, -0.2) is 9.59 Å². The van der Waals surface area contributed by atoms with Crippen LogP contribution in [0.1, 0.15) is 55.1 Å². The van der Waals surface area contributed by atoms with E-state index in [4.69, 9.17) is 25.4 Å². The van der Waals surface area contributed by atoms with Gasteiger partial charge in [-0.2, -0.15) is 0 Å². The number of hydrogen-bond donors (Lipinski definition) is 3. The number of nitrogens with zero attached hydrogens (tertiary/aromatic N) is 1. The van der Waals surface area contributed by atoms with Crippen molar-refractivity contribution < 1.29 is 43.3 Å². The van der Waals surface area contributed by atoms with Crippen LogP contribution in [-0.2, 0) is 28.7 Å². The minimum atomic E-state index is -1.46. The van der Waals surface area contributed by atoms with Gasteiger partial charge in [0.05, 0.1) is 31.6 Å². The number of hydrogen-bond acceptors (Lipinski definition) is 9. The number of rotatable bonds is 14. The molecule has 0 radical (unpaired) electrons. The van der Waals surface area contributed by atoms with E-state index in [0.29, 0.717) is 11.1 Å². The second-order valence-electron chi connectivity index (χ2n) is 8.70. The van der Waals surface area contributed by atoms with Crippen LogP contribution in [0, 0.1) is 5.41 Å². The summed E-state index contributed by atoms with van der Waals surface area (Å²) in [5.74, 6) is -3.98. The molecule has 0 spiro atoms. The van der Waals surface area contributed by atoms with Crippen molar-refractivity contribution in [3.8, 4) is 5.75 Å². The number of carbonyl (C=O) groups excluding carboxylic acids is 4. The normalized spacial score (nSPS) is 11.6. The van der Waals surface area contributed by atoms with E-state index in [0.717, 1.165) is 4.90 Å². The van der Waals surface area contributed by atoms with Crippen LogP contribution in [0.15, 0.2) is 54.1 Å². The van der Waals surface area contributed by atoms with Crippen LogP contribution >= 0.6 is 0 Å². The van der Waals surface area contributed by atoms with Gasteiger partial charge in [-0.05, 0) is 68.8 Å². The highest BCUT2D eigenvalue weighted by Crippen LogP contribution is 2.18. The number of nitrogen functional groups attached to an aromatic ring is 1. The van der Waals surface area contributed by atoms with Gasteiger partial charge in [0, 0.05) is 17.7 Å². The largest absolute Gasteiger partial charge is 0.481 e. The lowest BCUT2D eigenvalue weighted by molar-refractivity contribution is -0.158. The Morgan fingerprint density at radius 3 is 2.07 bits per heavy atom. The Morgan fingerprint density at radius 2 is 1.54 bits per heavy atom. The molecule has 12 heteroatoms. The minimum Gasteiger partial charge on any atom is -0.481 e. The minimum absolute atomic E-state index is 0.0256. The molecule has 0 bridgehead atoms. The van der Waals surface area contributed by atoms with Crippen LogP contribution in [0.2, 0.25) is 0 Å². The molecule has 0 aromatic heterocycles. The molecule has 2 rings (SSSR count). The third-order valence-electron chi connectivity index (χ3n) is 5.67. The third kappa shape index (κ3) is 9.92. The zero-order chi connectivity index (χ0) is 30.5. The molecule has 1 amide bonds. The predicted octanol–water partition coefficient (Wildman–Crippen LogP) is 2.78. The molecule has 1 atom stereocenters. The lowest BCUT2D eigenvalue weighted by Crippen LogP contribution is -2.48. The maximum absolute atomic E-state index is 13.4. The van der Waals surface area contributed by atoms with Crippen molar-refractivity contribution in [1.82, 2.24) is 4.90 Å². The van der Waals surface area contributed by atoms with Crippen LogP contribution in [0.3, 0.4) is 0 Å². The quantitative estimate of drug-likeness (QED) is 0.101. The van der Waals surface area contributed by atoms with E-state index in [1.54, 1.807) is 38.1 Å². The summed E-state index contributed by atoms with van der Waals surface area (Å²) in [6.45, 7) is 4.49. The van der Waals surface area contributed by atoms with Crippen LogP contribution in [-0.4, -0.2) is 71.4 Å². The van der Waals surface area contributed by atoms with Crippen molar-refractivity contribution in [1.29, 1.82) is 5.41 Å². The van der Waals surface area contributed by atoms with Gasteiger partial charge in [0.2, 0.25) is 5.91 Å². The average molecular weight is 568 g/mol. The highest BCUT2D eigenvalue weighted by molar-refractivity contribution is 6.00. The molecule has 2 aromatic carbocycles. The van der Waals surface area contributed by atoms with E-state index in [1.165, 1.54) is 37.3 Å². The van der Waals surface area contributed by atoms with Crippen LogP contribution in [0.5, 0.6) is 5.75 Å². The number of carbonyl (C=O) groups is 5. The third-order valence-corrected chi connectivity index (χ3v) is 5.67. The summed E-state index contributed by atoms with van der Waals surface area (Å²) in [6.07, 6.45) is 0.532. The number of aliphatic carboxylic acids is 1. The Hall–Kier alpha value is -5.00. The Bertz CT molecular complexity index is 1300. The fourth-order valence-corrected chi connectivity index (χ4v) is 3.69. The van der Waals surface area contributed by atoms with Gasteiger partial charge in [-0.1, -0.05) is 12.1 Å². The van der Waals surface area contributed by atoms with Gasteiger partial charge < -0.3 is 30.0 Å². The summed E-state index contributed by atoms with van der Waals surface area (Å²) in [5.41, 5.74) is 6.83. The van der Waals surface area contributed by atoms with Crippen molar-refractivity contribution >= 4 is 41.7 Å². The SMILES string of the molecule is CCOC(=O)CCN(C(=O)C(C)=Cc1ccc(C(=O)Oc2ccc(C(=N)N)cc2)cc1)[C@@H](CC(=O)O)C(=O)OCC. The second kappa shape index (κ2) is 15.6. The topological polar surface area (TPSA) is 186 Å². The smallest absolute Gasteiger partial charge is 0.343 e. The van der Waals surface area contributed by atoms with Gasteiger partial charge in [0.15, 0.2) is 0 Å². The molecule has 0 fully saturated rings. The molecule has 218 valence electrons. The number of esters is 3. The fraction of sp³-hybridized carbons (Fsp3) is 0.310. The molecule has 0 unspecified atom stereocenters. The van der Waals surface area contributed by atoms with E-state index in [1.807, 2.05) is 0 Å². The highest BCUT2D eigenvalue weighted by Gasteiger charge is 2.34. The van der Waals surface area contributed by atoms with Gasteiger partial charge in [0.25, 0.3) is 0 Å². The van der Waals surface area contributed by atoms with E-state index in [9.17, 15) is 29.1 Å². The predicted molar refractivity (Wildman–Crippen MR) is 148 cm³/mol. The molecule has 12 nitrogen and oxygen atoms in total. The van der Waals surface area contributed by atoms with E-state index >= 15 is 0 Å². The second-order valence-corrected chi connectivity index (χ2v) is 8.70. The Labute approximate surface area is 237 Å². The average Bonchev–Trinajstić information content (AvgIpc) is 2.93. The summed E-state index contributed by atoms with van der Waals surface area (Å²) < 4.78 is 15.2. The Balaban J connectivity index is 2.24. The van der Waals surface area contributed by atoms with Gasteiger partial charge in [0.1, 0.15) is 17.6 Å². The molecule has 0 saturated heterocycles. The molecule has 0 heterocycles. The van der Waals surface area contributed by atoms with E-state index < -0.39 is 42.2 Å². The Morgan fingerprint density at radius 1 is 0.951 bits per heavy atom. The van der Waals surface area contributed by atoms with Crippen molar-refractivity contribution in [3.05, 3.63) is 70.8 Å². The number of ether oxygens (including phenoxy) is 3. The maximum Gasteiger partial charge on any atom is 0.343 e. The Kier molecular flexibility index (Phi) is 12.2. The molecule has 0 aliphatic heterocycles. The zero-order valence-corrected chi connectivity index (χ0v) is 23.0. The number of benzene rings is 2. The summed E-state index contributed by atoms with van der Waals surface area (Å²) in [4.78, 5) is 62.9. The summed E-state index contributed by atoms with van der Waals surface area (Å²) in [5, 5.41) is 16.8. The van der Waals surface area contributed by atoms with Gasteiger partial charge >= 0.3 is 23.9 Å². The van der Waals surface area contributed by atoms with E-state index in [2.05, 4.69) is 0 Å². The number of amides is 1. The van der Waals surface area contributed by atoms with Crippen LogP contribution in [0.4, 0.5) is 0 Å². The van der Waals surface area contributed by atoms with Crippen molar-refractivity contribution in [2.24, 2.45) is 5.73 Å². The first-order valence-corrected chi connectivity index (χ1v) is 12.8.